The molecule has 0 saturated heterocycles. The van der Waals surface area contributed by atoms with Crippen LogP contribution >= 0.6 is 0 Å². The van der Waals surface area contributed by atoms with E-state index in [1.165, 1.54) is 0 Å². The van der Waals surface area contributed by atoms with E-state index in [9.17, 15) is 14.7 Å². The van der Waals surface area contributed by atoms with Gasteiger partial charge in [0.1, 0.15) is 5.69 Å². The van der Waals surface area contributed by atoms with Crippen molar-refractivity contribution >= 4 is 11.9 Å². The molecule has 2 N–H and O–H groups in total. The van der Waals surface area contributed by atoms with Gasteiger partial charge in [-0.15, -0.1) is 0 Å². The van der Waals surface area contributed by atoms with Crippen molar-refractivity contribution in [3.05, 3.63) is 18.0 Å². The second-order valence-corrected chi connectivity index (χ2v) is 6.28. The van der Waals surface area contributed by atoms with E-state index >= 15 is 0 Å². The SMILES string of the molecule is CC(C)n1ccc(C(=O)NC2(C)CCCCC2C(=O)O)n1. The van der Waals surface area contributed by atoms with E-state index in [0.29, 0.717) is 18.5 Å². The topological polar surface area (TPSA) is 84.2 Å². The maximum absolute atomic E-state index is 12.3. The van der Waals surface area contributed by atoms with Crippen molar-refractivity contribution in [1.29, 1.82) is 0 Å². The van der Waals surface area contributed by atoms with Gasteiger partial charge in [-0.1, -0.05) is 12.8 Å². The molecule has 6 heteroatoms. The number of rotatable bonds is 4. The molecule has 1 heterocycles. The lowest BCUT2D eigenvalue weighted by atomic mass is 9.74. The maximum Gasteiger partial charge on any atom is 0.308 e. The number of hydrogen-bond acceptors (Lipinski definition) is 3. The maximum atomic E-state index is 12.3. The Labute approximate surface area is 124 Å². The number of amides is 1. The van der Waals surface area contributed by atoms with E-state index in [2.05, 4.69) is 10.4 Å². The summed E-state index contributed by atoms with van der Waals surface area (Å²) in [5.41, 5.74) is -0.373. The van der Waals surface area contributed by atoms with Gasteiger partial charge in [-0.3, -0.25) is 14.3 Å². The van der Waals surface area contributed by atoms with Crippen LogP contribution in [0.2, 0.25) is 0 Å². The second-order valence-electron chi connectivity index (χ2n) is 6.28. The van der Waals surface area contributed by atoms with Crippen molar-refractivity contribution < 1.29 is 14.7 Å². The van der Waals surface area contributed by atoms with Crippen LogP contribution in [0.5, 0.6) is 0 Å². The fourth-order valence-corrected chi connectivity index (χ4v) is 2.95. The Morgan fingerprint density at radius 1 is 1.48 bits per heavy atom. The highest BCUT2D eigenvalue weighted by Gasteiger charge is 2.42. The van der Waals surface area contributed by atoms with Gasteiger partial charge in [0, 0.05) is 12.2 Å². The number of aliphatic carboxylic acids is 1. The standard InChI is InChI=1S/C15H23N3O3/c1-10(2)18-9-7-12(17-18)13(19)16-15(3)8-5-4-6-11(15)14(20)21/h7,9-11H,4-6,8H2,1-3H3,(H,16,19)(H,20,21). The highest BCUT2D eigenvalue weighted by Crippen LogP contribution is 2.34. The molecule has 1 amide bonds. The van der Waals surface area contributed by atoms with Gasteiger partial charge in [0.05, 0.1) is 11.5 Å². The minimum atomic E-state index is -0.842. The monoisotopic (exact) mass is 293 g/mol. The molecule has 21 heavy (non-hydrogen) atoms. The van der Waals surface area contributed by atoms with Crippen LogP contribution in [0.25, 0.3) is 0 Å². The van der Waals surface area contributed by atoms with Crippen LogP contribution in [0.3, 0.4) is 0 Å². The number of aromatic nitrogens is 2. The summed E-state index contributed by atoms with van der Waals surface area (Å²) in [4.78, 5) is 23.8. The van der Waals surface area contributed by atoms with Crippen LogP contribution in [0.4, 0.5) is 0 Å². The molecule has 1 aliphatic rings. The summed E-state index contributed by atoms with van der Waals surface area (Å²) >= 11 is 0. The van der Waals surface area contributed by atoms with Crippen molar-refractivity contribution in [3.63, 3.8) is 0 Å². The minimum absolute atomic E-state index is 0.184. The van der Waals surface area contributed by atoms with Crippen LogP contribution in [0.15, 0.2) is 12.3 Å². The van der Waals surface area contributed by atoms with Crippen molar-refractivity contribution in [2.45, 2.75) is 58.0 Å². The predicted octanol–water partition coefficient (Wildman–Crippen LogP) is 2.23. The molecule has 2 unspecified atom stereocenters. The van der Waals surface area contributed by atoms with E-state index in [0.717, 1.165) is 12.8 Å². The third-order valence-electron chi connectivity index (χ3n) is 4.28. The van der Waals surface area contributed by atoms with Gasteiger partial charge >= 0.3 is 5.97 Å². The van der Waals surface area contributed by atoms with E-state index in [1.54, 1.807) is 16.9 Å². The Kier molecular flexibility index (Phi) is 4.34. The van der Waals surface area contributed by atoms with E-state index in [4.69, 9.17) is 0 Å². The Morgan fingerprint density at radius 2 is 2.19 bits per heavy atom. The largest absolute Gasteiger partial charge is 0.481 e. The molecule has 2 rings (SSSR count). The molecule has 2 atom stereocenters. The van der Waals surface area contributed by atoms with Crippen molar-refractivity contribution in [3.8, 4) is 0 Å². The molecule has 0 radical (unpaired) electrons. The first-order valence-electron chi connectivity index (χ1n) is 7.44. The number of nitrogens with zero attached hydrogens (tertiary/aromatic N) is 2. The Balaban J connectivity index is 2.14. The van der Waals surface area contributed by atoms with Crippen LogP contribution < -0.4 is 5.32 Å². The quantitative estimate of drug-likeness (QED) is 0.891. The van der Waals surface area contributed by atoms with Gasteiger partial charge in [-0.25, -0.2) is 0 Å². The molecular formula is C15H23N3O3. The number of hydrogen-bond donors (Lipinski definition) is 2. The summed E-state index contributed by atoms with van der Waals surface area (Å²) in [6.07, 6.45) is 4.87. The Hall–Kier alpha value is -1.85. The zero-order valence-electron chi connectivity index (χ0n) is 12.8. The van der Waals surface area contributed by atoms with Crippen LogP contribution in [0, 0.1) is 5.92 Å². The highest BCUT2D eigenvalue weighted by atomic mass is 16.4. The summed E-state index contributed by atoms with van der Waals surface area (Å²) < 4.78 is 1.72. The third kappa shape index (κ3) is 3.25. The van der Waals surface area contributed by atoms with Crippen LogP contribution in [-0.4, -0.2) is 32.3 Å². The van der Waals surface area contributed by atoms with Gasteiger partial charge in [-0.2, -0.15) is 5.10 Å². The van der Waals surface area contributed by atoms with Crippen LogP contribution in [0.1, 0.15) is 63.0 Å². The third-order valence-corrected chi connectivity index (χ3v) is 4.28. The van der Waals surface area contributed by atoms with E-state index in [1.807, 2.05) is 20.8 Å². The fourth-order valence-electron chi connectivity index (χ4n) is 2.95. The molecule has 6 nitrogen and oxygen atoms in total. The van der Waals surface area contributed by atoms with E-state index in [-0.39, 0.29) is 11.9 Å². The number of carboxylic acids is 1. The molecule has 0 bridgehead atoms. The summed E-state index contributed by atoms with van der Waals surface area (Å²) in [5.74, 6) is -1.68. The fraction of sp³-hybridized carbons (Fsp3) is 0.667. The summed E-state index contributed by atoms with van der Waals surface area (Å²) in [7, 11) is 0. The van der Waals surface area contributed by atoms with Gasteiger partial charge in [0.15, 0.2) is 0 Å². The van der Waals surface area contributed by atoms with Gasteiger partial charge in [-0.05, 0) is 39.7 Å². The lowest BCUT2D eigenvalue weighted by molar-refractivity contribution is -0.145. The van der Waals surface area contributed by atoms with Crippen molar-refractivity contribution in [2.75, 3.05) is 0 Å². The number of carbonyl (C=O) groups excluding carboxylic acids is 1. The zero-order valence-corrected chi connectivity index (χ0v) is 12.8. The average molecular weight is 293 g/mol. The normalized spacial score (nSPS) is 25.8. The van der Waals surface area contributed by atoms with Gasteiger partial charge < -0.3 is 10.4 Å². The van der Waals surface area contributed by atoms with Crippen molar-refractivity contribution in [2.24, 2.45) is 5.92 Å². The van der Waals surface area contributed by atoms with Crippen molar-refractivity contribution in [1.82, 2.24) is 15.1 Å². The molecule has 116 valence electrons. The summed E-state index contributed by atoms with van der Waals surface area (Å²) in [6, 6.07) is 1.85. The predicted molar refractivity (Wildman–Crippen MR) is 78.1 cm³/mol. The smallest absolute Gasteiger partial charge is 0.308 e. The molecule has 1 aromatic rings. The number of nitrogens with one attached hydrogen (secondary N) is 1. The minimum Gasteiger partial charge on any atom is -0.481 e. The number of carboxylic acid groups (broad SMARTS) is 1. The molecule has 1 aliphatic carbocycles. The summed E-state index contributed by atoms with van der Waals surface area (Å²) in [5, 5.41) is 16.5. The first-order valence-corrected chi connectivity index (χ1v) is 7.44. The lowest BCUT2D eigenvalue weighted by Crippen LogP contribution is -2.55. The first-order chi connectivity index (χ1) is 9.83. The Morgan fingerprint density at radius 3 is 2.76 bits per heavy atom. The molecule has 1 aromatic heterocycles. The lowest BCUT2D eigenvalue weighted by Gasteiger charge is -2.39. The molecule has 1 saturated carbocycles. The molecule has 0 aliphatic heterocycles. The van der Waals surface area contributed by atoms with Gasteiger partial charge in [0.2, 0.25) is 0 Å². The highest BCUT2D eigenvalue weighted by molar-refractivity contribution is 5.93. The molecule has 1 fully saturated rings. The first kappa shape index (κ1) is 15.5. The molecule has 0 aromatic carbocycles. The van der Waals surface area contributed by atoms with E-state index < -0.39 is 17.4 Å². The summed E-state index contributed by atoms with van der Waals surface area (Å²) in [6.45, 7) is 5.79. The Bertz CT molecular complexity index is 538. The second kappa shape index (κ2) is 5.87. The average Bonchev–Trinajstić information content (AvgIpc) is 2.88. The van der Waals surface area contributed by atoms with Gasteiger partial charge in [0.25, 0.3) is 5.91 Å². The molecular weight excluding hydrogens is 270 g/mol. The van der Waals surface area contributed by atoms with Crippen LogP contribution in [-0.2, 0) is 4.79 Å². The molecule has 0 spiro atoms. The number of carbonyl (C=O) groups is 2. The zero-order chi connectivity index (χ0) is 15.6.